The van der Waals surface area contributed by atoms with Crippen LogP contribution >= 0.6 is 0 Å². The molecule has 3 N–H and O–H groups in total. The quantitative estimate of drug-likeness (QED) is 0.727. The fourth-order valence-corrected chi connectivity index (χ4v) is 3.75. The van der Waals surface area contributed by atoms with Gasteiger partial charge in [0.1, 0.15) is 5.82 Å². The average molecular weight is 396 g/mol. The standard InChI is InChI=1S/C22H29N5O2/c1-15-12-16(2)21(17(3)13-15)26-20(28)14-24-22(29)25-18-7-10-27(11-8-18)19-6-4-5-9-23-19/h4-6,9,12-13,18H,7-8,10-11,14H2,1-3H3,(H,26,28)(H2,24,25,29). The first-order valence-electron chi connectivity index (χ1n) is 10.0. The van der Waals surface area contributed by atoms with Gasteiger partial charge in [-0.3, -0.25) is 4.79 Å². The summed E-state index contributed by atoms with van der Waals surface area (Å²) in [4.78, 5) is 31.0. The second-order valence-electron chi connectivity index (χ2n) is 7.60. The number of aryl methyl sites for hydroxylation is 3. The van der Waals surface area contributed by atoms with E-state index in [1.807, 2.05) is 51.1 Å². The molecule has 2 aromatic rings. The molecular weight excluding hydrogens is 366 g/mol. The van der Waals surface area contributed by atoms with Gasteiger partial charge in [-0.15, -0.1) is 0 Å². The second-order valence-corrected chi connectivity index (χ2v) is 7.60. The summed E-state index contributed by atoms with van der Waals surface area (Å²) >= 11 is 0. The van der Waals surface area contributed by atoms with Crippen LogP contribution in [0.5, 0.6) is 0 Å². The van der Waals surface area contributed by atoms with E-state index in [0.717, 1.165) is 54.1 Å². The minimum Gasteiger partial charge on any atom is -0.356 e. The SMILES string of the molecule is Cc1cc(C)c(NC(=O)CNC(=O)NC2CCN(c3ccccn3)CC2)c(C)c1. The van der Waals surface area contributed by atoms with Crippen LogP contribution in [0.2, 0.25) is 0 Å². The number of aromatic nitrogens is 1. The Labute approximate surface area is 171 Å². The minimum atomic E-state index is -0.311. The molecule has 3 rings (SSSR count). The number of pyridine rings is 1. The summed E-state index contributed by atoms with van der Waals surface area (Å²) in [6.45, 7) is 7.58. The summed E-state index contributed by atoms with van der Waals surface area (Å²) < 4.78 is 0. The van der Waals surface area contributed by atoms with Crippen molar-refractivity contribution in [1.29, 1.82) is 0 Å². The first-order valence-corrected chi connectivity index (χ1v) is 10.0. The van der Waals surface area contributed by atoms with E-state index < -0.39 is 0 Å². The van der Waals surface area contributed by atoms with E-state index in [1.165, 1.54) is 0 Å². The molecule has 1 aromatic carbocycles. The molecule has 0 atom stereocenters. The molecular formula is C22H29N5O2. The fourth-order valence-electron chi connectivity index (χ4n) is 3.75. The van der Waals surface area contributed by atoms with Crippen LogP contribution < -0.4 is 20.9 Å². The van der Waals surface area contributed by atoms with E-state index in [0.29, 0.717) is 0 Å². The third kappa shape index (κ3) is 5.70. The van der Waals surface area contributed by atoms with E-state index in [9.17, 15) is 9.59 Å². The van der Waals surface area contributed by atoms with Gasteiger partial charge >= 0.3 is 6.03 Å². The molecule has 1 aliphatic rings. The highest BCUT2D eigenvalue weighted by molar-refractivity contribution is 5.95. The maximum atomic E-state index is 12.2. The van der Waals surface area contributed by atoms with Crippen molar-refractivity contribution >= 4 is 23.4 Å². The summed E-state index contributed by atoms with van der Waals surface area (Å²) in [6.07, 6.45) is 3.48. The molecule has 1 aliphatic heterocycles. The molecule has 1 aromatic heterocycles. The van der Waals surface area contributed by atoms with Gasteiger partial charge in [0, 0.05) is 31.0 Å². The van der Waals surface area contributed by atoms with Gasteiger partial charge in [0.25, 0.3) is 0 Å². The Bertz CT molecular complexity index is 838. The van der Waals surface area contributed by atoms with Crippen LogP contribution in [-0.2, 0) is 4.79 Å². The Balaban J connectivity index is 1.41. The van der Waals surface area contributed by atoms with Crippen LogP contribution in [-0.4, -0.2) is 42.6 Å². The first kappa shape index (κ1) is 20.6. The molecule has 0 unspecified atom stereocenters. The number of urea groups is 1. The van der Waals surface area contributed by atoms with Crippen molar-refractivity contribution in [1.82, 2.24) is 15.6 Å². The molecule has 7 nitrogen and oxygen atoms in total. The molecule has 0 radical (unpaired) electrons. The predicted octanol–water partition coefficient (Wildman–Crippen LogP) is 2.91. The molecule has 3 amide bonds. The Kier molecular flexibility index (Phi) is 6.69. The summed E-state index contributed by atoms with van der Waals surface area (Å²) in [5, 5.41) is 8.51. The summed E-state index contributed by atoms with van der Waals surface area (Å²) in [6, 6.07) is 9.72. The van der Waals surface area contributed by atoms with E-state index >= 15 is 0 Å². The van der Waals surface area contributed by atoms with E-state index in [2.05, 4.69) is 25.8 Å². The van der Waals surface area contributed by atoms with Crippen molar-refractivity contribution < 1.29 is 9.59 Å². The number of benzene rings is 1. The zero-order chi connectivity index (χ0) is 20.8. The number of carbonyl (C=O) groups is 2. The summed E-state index contributed by atoms with van der Waals surface area (Å²) in [5.41, 5.74) is 3.99. The van der Waals surface area contributed by atoms with Gasteiger partial charge in [-0.1, -0.05) is 23.8 Å². The van der Waals surface area contributed by atoms with Crippen molar-refractivity contribution in [3.05, 3.63) is 53.2 Å². The maximum Gasteiger partial charge on any atom is 0.315 e. The smallest absolute Gasteiger partial charge is 0.315 e. The van der Waals surface area contributed by atoms with Gasteiger partial charge in [0.05, 0.1) is 6.54 Å². The number of nitrogens with one attached hydrogen (secondary N) is 3. The van der Waals surface area contributed by atoms with E-state index in [1.54, 1.807) is 6.20 Å². The van der Waals surface area contributed by atoms with Gasteiger partial charge < -0.3 is 20.9 Å². The molecule has 7 heteroatoms. The monoisotopic (exact) mass is 395 g/mol. The molecule has 1 fully saturated rings. The topological polar surface area (TPSA) is 86.4 Å². The lowest BCUT2D eigenvalue weighted by atomic mass is 10.1. The molecule has 0 saturated carbocycles. The van der Waals surface area contributed by atoms with Crippen LogP contribution in [0.25, 0.3) is 0 Å². The lowest BCUT2D eigenvalue weighted by molar-refractivity contribution is -0.115. The normalized spacial score (nSPS) is 14.4. The Morgan fingerprint density at radius 1 is 1.10 bits per heavy atom. The molecule has 29 heavy (non-hydrogen) atoms. The summed E-state index contributed by atoms with van der Waals surface area (Å²) in [7, 11) is 0. The number of rotatable bonds is 5. The Hall–Kier alpha value is -3.09. The third-order valence-corrected chi connectivity index (χ3v) is 5.15. The van der Waals surface area contributed by atoms with Crippen LogP contribution in [0.4, 0.5) is 16.3 Å². The first-order chi connectivity index (χ1) is 13.9. The summed E-state index contributed by atoms with van der Waals surface area (Å²) in [5.74, 6) is 0.730. The Morgan fingerprint density at radius 3 is 2.41 bits per heavy atom. The highest BCUT2D eigenvalue weighted by Gasteiger charge is 2.21. The predicted molar refractivity (Wildman–Crippen MR) is 115 cm³/mol. The molecule has 0 aliphatic carbocycles. The van der Waals surface area contributed by atoms with Crippen molar-refractivity contribution in [2.24, 2.45) is 0 Å². The zero-order valence-corrected chi connectivity index (χ0v) is 17.3. The lowest BCUT2D eigenvalue weighted by Gasteiger charge is -2.33. The molecule has 0 spiro atoms. The Morgan fingerprint density at radius 2 is 1.79 bits per heavy atom. The second kappa shape index (κ2) is 9.41. The highest BCUT2D eigenvalue weighted by Crippen LogP contribution is 2.21. The van der Waals surface area contributed by atoms with Crippen molar-refractivity contribution in [3.63, 3.8) is 0 Å². The maximum absolute atomic E-state index is 12.2. The average Bonchev–Trinajstić information content (AvgIpc) is 2.70. The number of piperidine rings is 1. The van der Waals surface area contributed by atoms with Crippen molar-refractivity contribution in [2.45, 2.75) is 39.7 Å². The van der Waals surface area contributed by atoms with Gasteiger partial charge in [0.15, 0.2) is 0 Å². The molecule has 154 valence electrons. The minimum absolute atomic E-state index is 0.0641. The molecule has 1 saturated heterocycles. The molecule has 2 heterocycles. The van der Waals surface area contributed by atoms with Crippen molar-refractivity contribution in [3.8, 4) is 0 Å². The van der Waals surface area contributed by atoms with Crippen LogP contribution in [0.15, 0.2) is 36.5 Å². The number of hydrogen-bond acceptors (Lipinski definition) is 4. The molecule has 0 bridgehead atoms. The third-order valence-electron chi connectivity index (χ3n) is 5.15. The van der Waals surface area contributed by atoms with Gasteiger partial charge in [-0.05, 0) is 56.9 Å². The largest absolute Gasteiger partial charge is 0.356 e. The van der Waals surface area contributed by atoms with Crippen LogP contribution in [0.3, 0.4) is 0 Å². The van der Waals surface area contributed by atoms with Gasteiger partial charge in [0.2, 0.25) is 5.91 Å². The fraction of sp³-hybridized carbons (Fsp3) is 0.409. The van der Waals surface area contributed by atoms with Crippen LogP contribution in [0.1, 0.15) is 29.5 Å². The highest BCUT2D eigenvalue weighted by atomic mass is 16.2. The number of anilines is 2. The number of hydrogen-bond donors (Lipinski definition) is 3. The van der Waals surface area contributed by atoms with E-state index in [-0.39, 0.29) is 24.5 Å². The van der Waals surface area contributed by atoms with Crippen LogP contribution in [0, 0.1) is 20.8 Å². The number of nitrogens with zero attached hydrogens (tertiary/aromatic N) is 2. The number of carbonyl (C=O) groups excluding carboxylic acids is 2. The number of amides is 3. The lowest BCUT2D eigenvalue weighted by Crippen LogP contribution is -2.49. The van der Waals surface area contributed by atoms with Crippen molar-refractivity contribution in [2.75, 3.05) is 29.9 Å². The van der Waals surface area contributed by atoms with Gasteiger partial charge in [-0.25, -0.2) is 9.78 Å². The zero-order valence-electron chi connectivity index (χ0n) is 17.3. The van der Waals surface area contributed by atoms with E-state index in [4.69, 9.17) is 0 Å². The van der Waals surface area contributed by atoms with Gasteiger partial charge in [-0.2, -0.15) is 0 Å².